The van der Waals surface area contributed by atoms with Crippen LogP contribution in [0, 0.1) is 0 Å². The Hall–Kier alpha value is -1.11. The number of hydrogen-bond acceptors (Lipinski definition) is 4. The van der Waals surface area contributed by atoms with Crippen molar-refractivity contribution in [1.82, 2.24) is 4.31 Å². The lowest BCUT2D eigenvalue weighted by Crippen LogP contribution is -2.40. The Morgan fingerprint density at radius 2 is 2.21 bits per heavy atom. The number of nitrogens with two attached hydrogens (primary N) is 1. The van der Waals surface area contributed by atoms with Gasteiger partial charge in [0.05, 0.1) is 11.5 Å². The summed E-state index contributed by atoms with van der Waals surface area (Å²) in [4.78, 5) is 0.345. The molecule has 1 saturated heterocycles. The van der Waals surface area contributed by atoms with Gasteiger partial charge in [0.1, 0.15) is 5.75 Å². The van der Waals surface area contributed by atoms with E-state index < -0.39 is 10.0 Å². The second kappa shape index (κ2) is 4.47. The van der Waals surface area contributed by atoms with Gasteiger partial charge in [-0.05, 0) is 37.1 Å². The lowest BCUT2D eigenvalue weighted by atomic mass is 10.2. The Balaban J connectivity index is 1.97. The summed E-state index contributed by atoms with van der Waals surface area (Å²) in [5.74, 6) is 0.796. The van der Waals surface area contributed by atoms with Crippen molar-refractivity contribution in [3.8, 4) is 5.75 Å². The highest BCUT2D eigenvalue weighted by atomic mass is 32.2. The fourth-order valence-electron chi connectivity index (χ4n) is 2.73. The first kappa shape index (κ1) is 12.9. The van der Waals surface area contributed by atoms with E-state index in [-0.39, 0.29) is 12.1 Å². The minimum absolute atomic E-state index is 0.0764. The summed E-state index contributed by atoms with van der Waals surface area (Å²) < 4.78 is 32.2. The van der Waals surface area contributed by atoms with Crippen molar-refractivity contribution in [2.45, 2.75) is 36.7 Å². The molecule has 0 saturated carbocycles. The van der Waals surface area contributed by atoms with Gasteiger partial charge in [0, 0.05) is 25.0 Å². The smallest absolute Gasteiger partial charge is 0.243 e. The topological polar surface area (TPSA) is 72.6 Å². The van der Waals surface area contributed by atoms with Crippen molar-refractivity contribution in [3.05, 3.63) is 23.8 Å². The number of benzene rings is 1. The largest absolute Gasteiger partial charge is 0.493 e. The van der Waals surface area contributed by atoms with E-state index >= 15 is 0 Å². The van der Waals surface area contributed by atoms with E-state index in [1.807, 2.05) is 6.92 Å². The highest BCUT2D eigenvalue weighted by Crippen LogP contribution is 2.31. The third-order valence-corrected chi connectivity index (χ3v) is 6.01. The van der Waals surface area contributed by atoms with E-state index in [9.17, 15) is 8.42 Å². The molecule has 0 radical (unpaired) electrons. The first-order valence-electron chi connectivity index (χ1n) is 6.53. The Labute approximate surface area is 113 Å². The molecule has 2 heterocycles. The molecule has 104 valence electrons. The quantitative estimate of drug-likeness (QED) is 0.868. The predicted octanol–water partition coefficient (Wildman–Crippen LogP) is 0.732. The lowest BCUT2D eigenvalue weighted by molar-refractivity contribution is 0.356. The lowest BCUT2D eigenvalue weighted by Gasteiger charge is -2.22. The molecule has 2 aliphatic rings. The zero-order valence-corrected chi connectivity index (χ0v) is 11.7. The van der Waals surface area contributed by atoms with Crippen molar-refractivity contribution < 1.29 is 13.2 Å². The van der Waals surface area contributed by atoms with Gasteiger partial charge in [-0.3, -0.25) is 0 Å². The molecule has 0 aliphatic carbocycles. The van der Waals surface area contributed by atoms with Gasteiger partial charge in [-0.15, -0.1) is 0 Å². The van der Waals surface area contributed by atoms with Crippen LogP contribution in [0.3, 0.4) is 0 Å². The Morgan fingerprint density at radius 1 is 1.42 bits per heavy atom. The molecule has 1 aromatic rings. The molecule has 0 spiro atoms. The first-order valence-corrected chi connectivity index (χ1v) is 7.97. The SMILES string of the molecule is CC1C(N)CCN1S(=O)(=O)c1ccc2c(c1)CCO2. The van der Waals surface area contributed by atoms with Gasteiger partial charge in [0.2, 0.25) is 10.0 Å². The molecule has 0 bridgehead atoms. The second-order valence-corrected chi connectivity index (χ2v) is 7.07. The van der Waals surface area contributed by atoms with E-state index in [0.717, 1.165) is 17.7 Å². The fraction of sp³-hybridized carbons (Fsp3) is 0.538. The maximum absolute atomic E-state index is 12.6. The summed E-state index contributed by atoms with van der Waals surface area (Å²) in [6.45, 7) is 2.99. The molecule has 19 heavy (non-hydrogen) atoms. The Kier molecular flexibility index (Phi) is 3.03. The summed E-state index contributed by atoms with van der Waals surface area (Å²) in [6, 6.07) is 4.88. The highest BCUT2D eigenvalue weighted by molar-refractivity contribution is 7.89. The summed E-state index contributed by atoms with van der Waals surface area (Å²) in [6.07, 6.45) is 1.49. The molecule has 2 atom stereocenters. The van der Waals surface area contributed by atoms with Gasteiger partial charge < -0.3 is 10.5 Å². The molecule has 2 unspecified atom stereocenters. The van der Waals surface area contributed by atoms with Gasteiger partial charge in [-0.2, -0.15) is 4.31 Å². The van der Waals surface area contributed by atoms with Crippen LogP contribution in [-0.2, 0) is 16.4 Å². The average Bonchev–Trinajstić information content (AvgIpc) is 2.96. The fourth-order valence-corrected chi connectivity index (χ4v) is 4.47. The predicted molar refractivity (Wildman–Crippen MR) is 71.6 cm³/mol. The van der Waals surface area contributed by atoms with E-state index in [2.05, 4.69) is 0 Å². The second-order valence-electron chi connectivity index (χ2n) is 5.18. The Morgan fingerprint density at radius 3 is 2.89 bits per heavy atom. The number of ether oxygens (including phenoxy) is 1. The maximum atomic E-state index is 12.6. The summed E-state index contributed by atoms with van der Waals surface area (Å²) >= 11 is 0. The van der Waals surface area contributed by atoms with Crippen molar-refractivity contribution in [3.63, 3.8) is 0 Å². The van der Waals surface area contributed by atoms with Crippen LogP contribution in [0.15, 0.2) is 23.1 Å². The van der Waals surface area contributed by atoms with Gasteiger partial charge in [0.25, 0.3) is 0 Å². The molecule has 5 nitrogen and oxygen atoms in total. The van der Waals surface area contributed by atoms with Crippen molar-refractivity contribution in [1.29, 1.82) is 0 Å². The minimum atomic E-state index is -3.44. The summed E-state index contributed by atoms with van der Waals surface area (Å²) in [5, 5.41) is 0. The molecule has 1 aromatic carbocycles. The van der Waals surface area contributed by atoms with Crippen LogP contribution < -0.4 is 10.5 Å². The van der Waals surface area contributed by atoms with Crippen LogP contribution in [-0.4, -0.2) is 38.0 Å². The van der Waals surface area contributed by atoms with Crippen molar-refractivity contribution in [2.24, 2.45) is 5.73 Å². The van der Waals surface area contributed by atoms with Crippen LogP contribution in [0.25, 0.3) is 0 Å². The normalized spacial score (nSPS) is 27.3. The molecule has 2 N–H and O–H groups in total. The van der Waals surface area contributed by atoms with Crippen LogP contribution in [0.5, 0.6) is 5.75 Å². The zero-order valence-electron chi connectivity index (χ0n) is 10.9. The average molecular weight is 282 g/mol. The number of nitrogens with zero attached hydrogens (tertiary/aromatic N) is 1. The van der Waals surface area contributed by atoms with E-state index in [1.54, 1.807) is 18.2 Å². The standard InChI is InChI=1S/C13H18N2O3S/c1-9-12(14)4-6-15(9)19(16,17)11-2-3-13-10(8-11)5-7-18-13/h2-3,8-9,12H,4-7,14H2,1H3. The number of fused-ring (bicyclic) bond motifs is 1. The molecule has 0 aromatic heterocycles. The third-order valence-electron chi connectivity index (χ3n) is 4.02. The number of sulfonamides is 1. The maximum Gasteiger partial charge on any atom is 0.243 e. The minimum Gasteiger partial charge on any atom is -0.493 e. The monoisotopic (exact) mass is 282 g/mol. The zero-order chi connectivity index (χ0) is 13.6. The molecule has 2 aliphatic heterocycles. The molecular formula is C13H18N2O3S. The highest BCUT2D eigenvalue weighted by Gasteiger charge is 2.37. The van der Waals surface area contributed by atoms with E-state index in [0.29, 0.717) is 24.5 Å². The molecule has 3 rings (SSSR count). The number of rotatable bonds is 2. The van der Waals surface area contributed by atoms with Crippen molar-refractivity contribution in [2.75, 3.05) is 13.2 Å². The van der Waals surface area contributed by atoms with Gasteiger partial charge in [-0.1, -0.05) is 0 Å². The van der Waals surface area contributed by atoms with Crippen LogP contribution in [0.2, 0.25) is 0 Å². The van der Waals surface area contributed by atoms with E-state index in [1.165, 1.54) is 4.31 Å². The summed E-state index contributed by atoms with van der Waals surface area (Å²) in [7, 11) is -3.44. The first-order chi connectivity index (χ1) is 9.00. The summed E-state index contributed by atoms with van der Waals surface area (Å²) in [5.41, 5.74) is 6.88. The van der Waals surface area contributed by atoms with Gasteiger partial charge >= 0.3 is 0 Å². The molecular weight excluding hydrogens is 264 g/mol. The third kappa shape index (κ3) is 2.04. The van der Waals surface area contributed by atoms with E-state index in [4.69, 9.17) is 10.5 Å². The molecule has 6 heteroatoms. The molecule has 1 fully saturated rings. The van der Waals surface area contributed by atoms with Crippen molar-refractivity contribution >= 4 is 10.0 Å². The number of hydrogen-bond donors (Lipinski definition) is 1. The Bertz CT molecular complexity index is 600. The van der Waals surface area contributed by atoms with Crippen LogP contribution in [0.4, 0.5) is 0 Å². The molecule has 0 amide bonds. The van der Waals surface area contributed by atoms with Gasteiger partial charge in [0.15, 0.2) is 0 Å². The van der Waals surface area contributed by atoms with Crippen LogP contribution in [0.1, 0.15) is 18.9 Å². The van der Waals surface area contributed by atoms with Crippen LogP contribution >= 0.6 is 0 Å². The van der Waals surface area contributed by atoms with Gasteiger partial charge in [-0.25, -0.2) is 8.42 Å².